The molecule has 1 atom stereocenters. The number of benzene rings is 2. The van der Waals surface area contributed by atoms with Crippen LogP contribution in [0, 0.1) is 0 Å². The second-order valence-electron chi connectivity index (χ2n) is 6.06. The minimum absolute atomic E-state index is 0.130. The molecule has 2 aromatic carbocycles. The van der Waals surface area contributed by atoms with Gasteiger partial charge in [-0.25, -0.2) is 0 Å². The Morgan fingerprint density at radius 1 is 1.00 bits per heavy atom. The van der Waals surface area contributed by atoms with Crippen molar-refractivity contribution < 1.29 is 23.8 Å². The molecule has 0 saturated heterocycles. The van der Waals surface area contributed by atoms with Crippen molar-refractivity contribution in [3.05, 3.63) is 54.1 Å². The summed E-state index contributed by atoms with van der Waals surface area (Å²) in [7, 11) is 4.44. The lowest BCUT2D eigenvalue weighted by molar-refractivity contribution is -0.147. The maximum atomic E-state index is 13.0. The molecule has 1 unspecified atom stereocenters. The van der Waals surface area contributed by atoms with E-state index >= 15 is 0 Å². The molecule has 2 aromatic rings. The number of methoxy groups -OCH3 is 3. The first kappa shape index (κ1) is 21.6. The van der Waals surface area contributed by atoms with Crippen molar-refractivity contribution in [1.29, 1.82) is 0 Å². The summed E-state index contributed by atoms with van der Waals surface area (Å²) < 4.78 is 15.3. The number of carbonyl (C=O) groups excluding carboxylic acids is 2. The predicted molar refractivity (Wildman–Crippen MR) is 109 cm³/mol. The topological polar surface area (TPSA) is 65.1 Å². The SMILES string of the molecule is COC(=O)CN(Cc1cc(OC)cc(OC)c1)C(=O)C(C)Sc1ccccc1. The van der Waals surface area contributed by atoms with Gasteiger partial charge in [0.15, 0.2) is 0 Å². The Bertz CT molecular complexity index is 774. The summed E-state index contributed by atoms with van der Waals surface area (Å²) in [6.45, 7) is 1.94. The van der Waals surface area contributed by atoms with Crippen LogP contribution < -0.4 is 9.47 Å². The van der Waals surface area contributed by atoms with Crippen LogP contribution in [0.4, 0.5) is 0 Å². The molecular formula is C21H25NO5S. The average Bonchev–Trinajstić information content (AvgIpc) is 2.72. The summed E-state index contributed by atoms with van der Waals surface area (Å²) in [6, 6.07) is 15.1. The number of rotatable bonds is 9. The van der Waals surface area contributed by atoms with Gasteiger partial charge in [-0.15, -0.1) is 11.8 Å². The molecule has 0 spiro atoms. The van der Waals surface area contributed by atoms with Crippen molar-refractivity contribution in [3.8, 4) is 11.5 Å². The standard InChI is InChI=1S/C21H25NO5S/c1-15(28-19-8-6-5-7-9-19)21(24)22(14-20(23)27-4)13-16-10-17(25-2)12-18(11-16)26-3/h5-12,15H,13-14H2,1-4H3. The molecule has 1 amide bonds. The van der Waals surface area contributed by atoms with Gasteiger partial charge in [0.2, 0.25) is 5.91 Å². The number of hydrogen-bond donors (Lipinski definition) is 0. The summed E-state index contributed by atoms with van der Waals surface area (Å²) in [5.74, 6) is 0.610. The lowest BCUT2D eigenvalue weighted by Gasteiger charge is -2.25. The van der Waals surface area contributed by atoms with Gasteiger partial charge in [-0.1, -0.05) is 18.2 Å². The van der Waals surface area contributed by atoms with E-state index in [2.05, 4.69) is 0 Å². The van der Waals surface area contributed by atoms with Crippen LogP contribution in [0.1, 0.15) is 12.5 Å². The molecule has 150 valence electrons. The molecule has 0 aromatic heterocycles. The quantitative estimate of drug-likeness (QED) is 0.472. The maximum Gasteiger partial charge on any atom is 0.325 e. The third-order valence-corrected chi connectivity index (χ3v) is 5.15. The number of carbonyl (C=O) groups is 2. The van der Waals surface area contributed by atoms with Crippen LogP contribution in [0.15, 0.2) is 53.4 Å². The highest BCUT2D eigenvalue weighted by molar-refractivity contribution is 8.00. The summed E-state index contributed by atoms with van der Waals surface area (Å²) >= 11 is 1.45. The molecule has 0 aliphatic carbocycles. The van der Waals surface area contributed by atoms with Crippen LogP contribution >= 0.6 is 11.8 Å². The van der Waals surface area contributed by atoms with Crippen molar-refractivity contribution in [3.63, 3.8) is 0 Å². The van der Waals surface area contributed by atoms with Crippen LogP contribution in [0.5, 0.6) is 11.5 Å². The van der Waals surface area contributed by atoms with E-state index in [-0.39, 0.29) is 24.2 Å². The molecular weight excluding hydrogens is 378 g/mol. The summed E-state index contributed by atoms with van der Waals surface area (Å²) in [5, 5.41) is -0.362. The van der Waals surface area contributed by atoms with E-state index in [1.54, 1.807) is 20.3 Å². The van der Waals surface area contributed by atoms with Crippen molar-refractivity contribution in [2.45, 2.75) is 23.6 Å². The minimum Gasteiger partial charge on any atom is -0.497 e. The number of ether oxygens (including phenoxy) is 3. The number of thioether (sulfide) groups is 1. The van der Waals surface area contributed by atoms with Crippen LogP contribution in [0.25, 0.3) is 0 Å². The Morgan fingerprint density at radius 3 is 2.14 bits per heavy atom. The summed E-state index contributed by atoms with van der Waals surface area (Å²) in [5.41, 5.74) is 0.797. The van der Waals surface area contributed by atoms with Crippen molar-refractivity contribution >= 4 is 23.6 Å². The highest BCUT2D eigenvalue weighted by Gasteiger charge is 2.24. The van der Waals surface area contributed by atoms with E-state index in [1.165, 1.54) is 23.8 Å². The average molecular weight is 404 g/mol. The van der Waals surface area contributed by atoms with Gasteiger partial charge < -0.3 is 19.1 Å². The third kappa shape index (κ3) is 6.20. The van der Waals surface area contributed by atoms with E-state index in [9.17, 15) is 9.59 Å². The molecule has 0 radical (unpaired) electrons. The van der Waals surface area contributed by atoms with Crippen molar-refractivity contribution in [1.82, 2.24) is 4.90 Å². The molecule has 0 N–H and O–H groups in total. The van der Waals surface area contributed by atoms with E-state index in [4.69, 9.17) is 14.2 Å². The molecule has 0 fully saturated rings. The molecule has 0 aliphatic rings. The third-order valence-electron chi connectivity index (χ3n) is 4.05. The first-order valence-corrected chi connectivity index (χ1v) is 9.64. The summed E-state index contributed by atoms with van der Waals surface area (Å²) in [6.07, 6.45) is 0. The molecule has 7 heteroatoms. The first-order valence-electron chi connectivity index (χ1n) is 8.76. The Hall–Kier alpha value is -2.67. The van der Waals surface area contributed by atoms with Gasteiger partial charge in [0.05, 0.1) is 26.6 Å². The normalized spacial score (nSPS) is 11.4. The smallest absolute Gasteiger partial charge is 0.325 e. The van der Waals surface area contributed by atoms with Crippen LogP contribution in [-0.2, 0) is 20.9 Å². The highest BCUT2D eigenvalue weighted by Crippen LogP contribution is 2.26. The predicted octanol–water partition coefficient (Wildman–Crippen LogP) is 3.39. The fraction of sp³-hybridized carbons (Fsp3) is 0.333. The van der Waals surface area contributed by atoms with Gasteiger partial charge in [-0.3, -0.25) is 9.59 Å². The Labute approximate surface area is 169 Å². The molecule has 28 heavy (non-hydrogen) atoms. The number of hydrogen-bond acceptors (Lipinski definition) is 6. The van der Waals surface area contributed by atoms with E-state index in [1.807, 2.05) is 49.4 Å². The van der Waals surface area contributed by atoms with Crippen LogP contribution in [0.2, 0.25) is 0 Å². The van der Waals surface area contributed by atoms with Gasteiger partial charge in [0.25, 0.3) is 0 Å². The fourth-order valence-electron chi connectivity index (χ4n) is 2.62. The van der Waals surface area contributed by atoms with E-state index in [0.29, 0.717) is 11.5 Å². The first-order chi connectivity index (χ1) is 13.5. The van der Waals surface area contributed by atoms with Gasteiger partial charge in [0.1, 0.15) is 18.0 Å². The molecule has 6 nitrogen and oxygen atoms in total. The second-order valence-corrected chi connectivity index (χ2v) is 7.48. The lowest BCUT2D eigenvalue weighted by atomic mass is 10.1. The van der Waals surface area contributed by atoms with E-state index < -0.39 is 5.97 Å². The van der Waals surface area contributed by atoms with Crippen molar-refractivity contribution in [2.75, 3.05) is 27.9 Å². The Balaban J connectivity index is 2.21. The Morgan fingerprint density at radius 2 is 1.61 bits per heavy atom. The maximum absolute atomic E-state index is 13.0. The molecule has 2 rings (SSSR count). The monoisotopic (exact) mass is 403 g/mol. The van der Waals surface area contributed by atoms with Gasteiger partial charge in [-0.2, -0.15) is 0 Å². The number of amides is 1. The van der Waals surface area contributed by atoms with Gasteiger partial charge >= 0.3 is 5.97 Å². The number of nitrogens with zero attached hydrogens (tertiary/aromatic N) is 1. The second kappa shape index (κ2) is 10.6. The van der Waals surface area contributed by atoms with E-state index in [0.717, 1.165) is 10.5 Å². The molecule has 0 aliphatic heterocycles. The molecule has 0 saturated carbocycles. The Kier molecular flexibility index (Phi) is 8.19. The zero-order chi connectivity index (χ0) is 20.5. The lowest BCUT2D eigenvalue weighted by Crippen LogP contribution is -2.40. The van der Waals surface area contributed by atoms with Gasteiger partial charge in [0, 0.05) is 17.5 Å². The van der Waals surface area contributed by atoms with Crippen molar-refractivity contribution in [2.24, 2.45) is 0 Å². The summed E-state index contributed by atoms with van der Waals surface area (Å²) in [4.78, 5) is 27.4. The van der Waals surface area contributed by atoms with Crippen LogP contribution in [-0.4, -0.2) is 49.9 Å². The fourth-order valence-corrected chi connectivity index (χ4v) is 3.59. The highest BCUT2D eigenvalue weighted by atomic mass is 32.2. The molecule has 0 heterocycles. The zero-order valence-electron chi connectivity index (χ0n) is 16.5. The van der Waals surface area contributed by atoms with Gasteiger partial charge in [-0.05, 0) is 36.8 Å². The largest absolute Gasteiger partial charge is 0.497 e. The zero-order valence-corrected chi connectivity index (χ0v) is 17.3. The van der Waals surface area contributed by atoms with Crippen LogP contribution in [0.3, 0.4) is 0 Å². The minimum atomic E-state index is -0.472. The number of esters is 1. The molecule has 0 bridgehead atoms.